The third-order valence-electron chi connectivity index (χ3n) is 2.97. The third-order valence-corrected chi connectivity index (χ3v) is 2.97. The molecule has 1 rings (SSSR count). The molecule has 2 nitrogen and oxygen atoms in total. The van der Waals surface area contributed by atoms with E-state index >= 15 is 0 Å². The first-order chi connectivity index (χ1) is 7.47. The molecule has 0 bridgehead atoms. The molecule has 88 valence electrons. The molecule has 0 aliphatic rings. The number of nitrogens with zero attached hydrogens (tertiary/aromatic N) is 1. The van der Waals surface area contributed by atoms with Crippen LogP contribution in [0.25, 0.3) is 0 Å². The van der Waals surface area contributed by atoms with Crippen LogP contribution in [0.1, 0.15) is 37.6 Å². The molecule has 0 aliphatic heterocycles. The predicted octanol–water partition coefficient (Wildman–Crippen LogP) is 3.26. The smallest absolute Gasteiger partial charge is 0.161 e. The van der Waals surface area contributed by atoms with Gasteiger partial charge in [-0.1, -0.05) is 6.92 Å². The van der Waals surface area contributed by atoms with E-state index in [-0.39, 0.29) is 11.6 Å². The summed E-state index contributed by atoms with van der Waals surface area (Å²) >= 11 is 0. The van der Waals surface area contributed by atoms with E-state index in [2.05, 4.69) is 13.8 Å². The second kappa shape index (κ2) is 5.10. The lowest BCUT2D eigenvalue weighted by Gasteiger charge is -2.27. The van der Waals surface area contributed by atoms with Gasteiger partial charge in [-0.3, -0.25) is 4.79 Å². The van der Waals surface area contributed by atoms with Crippen molar-refractivity contribution in [1.29, 1.82) is 0 Å². The molecule has 0 aliphatic carbocycles. The summed E-state index contributed by atoms with van der Waals surface area (Å²) in [6.45, 7) is 5.62. The Hall–Kier alpha value is -1.38. The lowest BCUT2D eigenvalue weighted by molar-refractivity contribution is 0.101. The maximum Gasteiger partial charge on any atom is 0.161 e. The largest absolute Gasteiger partial charge is 0.371 e. The average Bonchev–Trinajstić information content (AvgIpc) is 2.26. The lowest BCUT2D eigenvalue weighted by Crippen LogP contribution is -2.29. The van der Waals surface area contributed by atoms with Crippen molar-refractivity contribution in [2.75, 3.05) is 11.9 Å². The van der Waals surface area contributed by atoms with Gasteiger partial charge in [-0.05, 0) is 38.5 Å². The number of carbonyl (C=O) groups excluding carboxylic acids is 1. The standard InChI is InChI=1S/C13H18FNO/c1-5-9(2)15(4)13-7-6-11(14)8-12(13)10(3)16/h6-9H,5H2,1-4H3. The quantitative estimate of drug-likeness (QED) is 0.730. The first-order valence-electron chi connectivity index (χ1n) is 5.50. The molecule has 0 saturated carbocycles. The van der Waals surface area contributed by atoms with Gasteiger partial charge in [-0.15, -0.1) is 0 Å². The monoisotopic (exact) mass is 223 g/mol. The summed E-state index contributed by atoms with van der Waals surface area (Å²) in [5.41, 5.74) is 1.24. The molecule has 1 aromatic carbocycles. The summed E-state index contributed by atoms with van der Waals surface area (Å²) in [6, 6.07) is 4.68. The number of benzene rings is 1. The second-order valence-corrected chi connectivity index (χ2v) is 4.09. The van der Waals surface area contributed by atoms with Gasteiger partial charge >= 0.3 is 0 Å². The molecule has 16 heavy (non-hydrogen) atoms. The van der Waals surface area contributed by atoms with Gasteiger partial charge in [-0.2, -0.15) is 0 Å². The SMILES string of the molecule is CCC(C)N(C)c1ccc(F)cc1C(C)=O. The van der Waals surface area contributed by atoms with Gasteiger partial charge in [-0.25, -0.2) is 4.39 Å². The van der Waals surface area contributed by atoms with Crippen LogP contribution >= 0.6 is 0 Å². The molecule has 0 saturated heterocycles. The van der Waals surface area contributed by atoms with Crippen LogP contribution in [0.2, 0.25) is 0 Å². The van der Waals surface area contributed by atoms with Gasteiger partial charge in [0.05, 0.1) is 0 Å². The summed E-state index contributed by atoms with van der Waals surface area (Å²) < 4.78 is 13.1. The van der Waals surface area contributed by atoms with E-state index in [0.717, 1.165) is 12.1 Å². The third kappa shape index (κ3) is 2.60. The molecule has 1 unspecified atom stereocenters. The van der Waals surface area contributed by atoms with Crippen molar-refractivity contribution in [3.8, 4) is 0 Å². The highest BCUT2D eigenvalue weighted by Crippen LogP contribution is 2.23. The zero-order valence-electron chi connectivity index (χ0n) is 10.2. The van der Waals surface area contributed by atoms with E-state index in [1.54, 1.807) is 6.07 Å². The van der Waals surface area contributed by atoms with Gasteiger partial charge < -0.3 is 4.90 Å². The number of hydrogen-bond donors (Lipinski definition) is 0. The number of rotatable bonds is 4. The lowest BCUT2D eigenvalue weighted by atomic mass is 10.1. The Morgan fingerprint density at radius 1 is 1.50 bits per heavy atom. The number of anilines is 1. The molecular weight excluding hydrogens is 205 g/mol. The van der Waals surface area contributed by atoms with Gasteiger partial charge in [0.1, 0.15) is 5.82 Å². The zero-order chi connectivity index (χ0) is 12.3. The Labute approximate surface area is 96.1 Å². The maximum atomic E-state index is 13.1. The summed E-state index contributed by atoms with van der Waals surface area (Å²) in [5.74, 6) is -0.476. The first kappa shape index (κ1) is 12.7. The van der Waals surface area contributed by atoms with E-state index in [0.29, 0.717) is 11.6 Å². The summed E-state index contributed by atoms with van der Waals surface area (Å²) in [7, 11) is 1.92. The molecule has 1 atom stereocenters. The normalized spacial score (nSPS) is 12.3. The number of ketones is 1. The number of Topliss-reactive ketones (excluding diaryl/α,β-unsaturated/α-hetero) is 1. The van der Waals surface area contributed by atoms with Crippen molar-refractivity contribution in [3.05, 3.63) is 29.6 Å². The summed E-state index contributed by atoms with van der Waals surface area (Å²) in [4.78, 5) is 13.5. The number of carbonyl (C=O) groups is 1. The minimum atomic E-state index is -0.369. The van der Waals surface area contributed by atoms with Crippen LogP contribution in [0, 0.1) is 5.82 Å². The van der Waals surface area contributed by atoms with Crippen LogP contribution in [0.5, 0.6) is 0 Å². The van der Waals surface area contributed by atoms with Crippen molar-refractivity contribution >= 4 is 11.5 Å². The molecule has 0 aromatic heterocycles. The average molecular weight is 223 g/mol. The summed E-state index contributed by atoms with van der Waals surface area (Å²) in [5, 5.41) is 0. The Morgan fingerprint density at radius 2 is 2.12 bits per heavy atom. The molecule has 0 fully saturated rings. The zero-order valence-corrected chi connectivity index (χ0v) is 10.2. The van der Waals surface area contributed by atoms with Gasteiger partial charge in [0.2, 0.25) is 0 Å². The van der Waals surface area contributed by atoms with Crippen molar-refractivity contribution in [1.82, 2.24) is 0 Å². The van der Waals surface area contributed by atoms with Crippen LogP contribution in [0.3, 0.4) is 0 Å². The van der Waals surface area contributed by atoms with Crippen LogP contribution in [-0.2, 0) is 0 Å². The number of halogens is 1. The summed E-state index contributed by atoms with van der Waals surface area (Å²) in [6.07, 6.45) is 0.977. The maximum absolute atomic E-state index is 13.1. The fourth-order valence-corrected chi connectivity index (χ4v) is 1.61. The Morgan fingerprint density at radius 3 is 2.62 bits per heavy atom. The molecule has 0 amide bonds. The first-order valence-corrected chi connectivity index (χ1v) is 5.50. The topological polar surface area (TPSA) is 20.3 Å². The van der Waals surface area contributed by atoms with E-state index in [1.807, 2.05) is 11.9 Å². The van der Waals surface area contributed by atoms with Crippen molar-refractivity contribution < 1.29 is 9.18 Å². The fraction of sp³-hybridized carbons (Fsp3) is 0.462. The van der Waals surface area contributed by atoms with Crippen molar-refractivity contribution in [3.63, 3.8) is 0 Å². The molecule has 0 heterocycles. The molecule has 0 N–H and O–H groups in total. The Bertz CT molecular complexity index is 390. The molecule has 0 radical (unpaired) electrons. The highest BCUT2D eigenvalue weighted by Gasteiger charge is 2.15. The second-order valence-electron chi connectivity index (χ2n) is 4.09. The van der Waals surface area contributed by atoms with E-state index in [9.17, 15) is 9.18 Å². The van der Waals surface area contributed by atoms with E-state index < -0.39 is 0 Å². The number of hydrogen-bond acceptors (Lipinski definition) is 2. The molecule has 3 heteroatoms. The van der Waals surface area contributed by atoms with Crippen LogP contribution in [0.15, 0.2) is 18.2 Å². The van der Waals surface area contributed by atoms with Crippen LogP contribution in [-0.4, -0.2) is 18.9 Å². The highest BCUT2D eigenvalue weighted by molar-refractivity contribution is 5.99. The predicted molar refractivity (Wildman–Crippen MR) is 64.6 cm³/mol. The van der Waals surface area contributed by atoms with E-state index in [4.69, 9.17) is 0 Å². The molecular formula is C13H18FNO. The van der Waals surface area contributed by atoms with Gasteiger partial charge in [0, 0.05) is 24.3 Å². The van der Waals surface area contributed by atoms with Crippen molar-refractivity contribution in [2.45, 2.75) is 33.2 Å². The van der Waals surface area contributed by atoms with Crippen molar-refractivity contribution in [2.24, 2.45) is 0 Å². The fourth-order valence-electron chi connectivity index (χ4n) is 1.61. The van der Waals surface area contributed by atoms with Gasteiger partial charge in [0.15, 0.2) is 5.78 Å². The van der Waals surface area contributed by atoms with Gasteiger partial charge in [0.25, 0.3) is 0 Å². The minimum absolute atomic E-state index is 0.107. The van der Waals surface area contributed by atoms with Crippen LogP contribution in [0.4, 0.5) is 10.1 Å². The van der Waals surface area contributed by atoms with Crippen LogP contribution < -0.4 is 4.90 Å². The highest BCUT2D eigenvalue weighted by atomic mass is 19.1. The molecule has 1 aromatic rings. The Kier molecular flexibility index (Phi) is 4.05. The Balaban J connectivity index is 3.17. The minimum Gasteiger partial charge on any atom is -0.371 e. The van der Waals surface area contributed by atoms with E-state index in [1.165, 1.54) is 19.1 Å². The molecule has 0 spiro atoms.